The third-order valence-corrected chi connectivity index (χ3v) is 5.32. The van der Waals surface area contributed by atoms with E-state index in [1.807, 2.05) is 0 Å². The van der Waals surface area contributed by atoms with Gasteiger partial charge >= 0.3 is 0 Å². The molecule has 0 aromatic heterocycles. The highest BCUT2D eigenvalue weighted by atomic mass is 16.5. The molecule has 2 atom stereocenters. The van der Waals surface area contributed by atoms with Crippen LogP contribution in [0.1, 0.15) is 57.4 Å². The fourth-order valence-corrected chi connectivity index (χ4v) is 3.83. The standard InChI is InChI=1S/C19H29NO/c1-19(2)11-10-14(13-20-15-8-9-15)17(12-19)16-6-4-5-7-18(16)21-3/h4-7,14-15,17,20H,8-13H2,1-3H3. The van der Waals surface area contributed by atoms with Crippen LogP contribution in [0.5, 0.6) is 5.75 Å². The van der Waals surface area contributed by atoms with Gasteiger partial charge in [-0.25, -0.2) is 0 Å². The number of methoxy groups -OCH3 is 1. The van der Waals surface area contributed by atoms with E-state index >= 15 is 0 Å². The van der Waals surface area contributed by atoms with Crippen molar-refractivity contribution in [3.8, 4) is 5.75 Å². The molecule has 21 heavy (non-hydrogen) atoms. The van der Waals surface area contributed by atoms with Crippen LogP contribution in [-0.2, 0) is 0 Å². The lowest BCUT2D eigenvalue weighted by atomic mass is 9.65. The minimum absolute atomic E-state index is 0.446. The van der Waals surface area contributed by atoms with Crippen molar-refractivity contribution in [2.24, 2.45) is 11.3 Å². The first-order valence-corrected chi connectivity index (χ1v) is 8.45. The molecule has 116 valence electrons. The van der Waals surface area contributed by atoms with E-state index in [-0.39, 0.29) is 0 Å². The van der Waals surface area contributed by atoms with Gasteiger partial charge in [0.15, 0.2) is 0 Å². The molecule has 0 aliphatic heterocycles. The Morgan fingerprint density at radius 2 is 1.95 bits per heavy atom. The second-order valence-electron chi connectivity index (χ2n) is 7.70. The lowest BCUT2D eigenvalue weighted by molar-refractivity contribution is 0.157. The normalized spacial score (nSPS) is 28.3. The first kappa shape index (κ1) is 14.9. The molecule has 2 nitrogen and oxygen atoms in total. The molecule has 2 unspecified atom stereocenters. The van der Waals surface area contributed by atoms with Crippen LogP contribution in [0.15, 0.2) is 24.3 Å². The van der Waals surface area contributed by atoms with Gasteiger partial charge in [0, 0.05) is 6.04 Å². The first-order chi connectivity index (χ1) is 10.1. The van der Waals surface area contributed by atoms with Crippen LogP contribution < -0.4 is 10.1 Å². The molecule has 2 fully saturated rings. The Bertz CT molecular complexity index is 476. The van der Waals surface area contributed by atoms with E-state index in [1.54, 1.807) is 7.11 Å². The molecule has 1 aromatic rings. The van der Waals surface area contributed by atoms with Gasteiger partial charge in [-0.15, -0.1) is 0 Å². The summed E-state index contributed by atoms with van der Waals surface area (Å²) in [7, 11) is 1.80. The van der Waals surface area contributed by atoms with Gasteiger partial charge in [-0.2, -0.15) is 0 Å². The maximum atomic E-state index is 5.63. The summed E-state index contributed by atoms with van der Waals surface area (Å²) in [5.41, 5.74) is 1.86. The van der Waals surface area contributed by atoms with Crippen LogP contribution >= 0.6 is 0 Å². The summed E-state index contributed by atoms with van der Waals surface area (Å²) in [4.78, 5) is 0. The van der Waals surface area contributed by atoms with Gasteiger partial charge < -0.3 is 10.1 Å². The van der Waals surface area contributed by atoms with Gasteiger partial charge in [-0.1, -0.05) is 32.0 Å². The number of para-hydroxylation sites is 1. The summed E-state index contributed by atoms with van der Waals surface area (Å²) >= 11 is 0. The minimum atomic E-state index is 0.446. The van der Waals surface area contributed by atoms with Crippen LogP contribution in [0.3, 0.4) is 0 Å². The highest BCUT2D eigenvalue weighted by Gasteiger charge is 2.37. The predicted molar refractivity (Wildman–Crippen MR) is 87.9 cm³/mol. The number of ether oxygens (including phenoxy) is 1. The highest BCUT2D eigenvalue weighted by Crippen LogP contribution is 2.48. The van der Waals surface area contributed by atoms with Crippen LogP contribution in [0, 0.1) is 11.3 Å². The minimum Gasteiger partial charge on any atom is -0.496 e. The molecular formula is C19H29NO. The quantitative estimate of drug-likeness (QED) is 0.869. The molecular weight excluding hydrogens is 258 g/mol. The van der Waals surface area contributed by atoms with Crippen LogP contribution in [0.2, 0.25) is 0 Å². The van der Waals surface area contributed by atoms with Gasteiger partial charge in [-0.05, 0) is 67.5 Å². The summed E-state index contributed by atoms with van der Waals surface area (Å²) in [6.07, 6.45) is 6.69. The van der Waals surface area contributed by atoms with Crippen molar-refractivity contribution in [1.29, 1.82) is 0 Å². The average Bonchev–Trinajstić information content (AvgIpc) is 3.29. The number of hydrogen-bond acceptors (Lipinski definition) is 2. The predicted octanol–water partition coefficient (Wildman–Crippen LogP) is 4.36. The fourth-order valence-electron chi connectivity index (χ4n) is 3.83. The summed E-state index contributed by atoms with van der Waals surface area (Å²) in [6, 6.07) is 9.42. The van der Waals surface area contributed by atoms with Gasteiger partial charge in [0.05, 0.1) is 7.11 Å². The Balaban J connectivity index is 1.81. The molecule has 0 bridgehead atoms. The van der Waals surface area contributed by atoms with Crippen molar-refractivity contribution >= 4 is 0 Å². The molecule has 2 aliphatic rings. The molecule has 2 aliphatic carbocycles. The van der Waals surface area contributed by atoms with Gasteiger partial charge in [0.25, 0.3) is 0 Å². The van der Waals surface area contributed by atoms with E-state index in [9.17, 15) is 0 Å². The topological polar surface area (TPSA) is 21.3 Å². The second kappa shape index (κ2) is 6.00. The van der Waals surface area contributed by atoms with E-state index in [0.717, 1.165) is 17.7 Å². The summed E-state index contributed by atoms with van der Waals surface area (Å²) in [6.45, 7) is 6.00. The van der Waals surface area contributed by atoms with E-state index in [2.05, 4.69) is 43.4 Å². The van der Waals surface area contributed by atoms with Gasteiger partial charge in [0.1, 0.15) is 5.75 Å². The zero-order valence-electron chi connectivity index (χ0n) is 13.7. The van der Waals surface area contributed by atoms with Crippen LogP contribution in [0.25, 0.3) is 0 Å². The summed E-state index contributed by atoms with van der Waals surface area (Å²) in [5.74, 6) is 2.43. The van der Waals surface area contributed by atoms with E-state index in [0.29, 0.717) is 11.3 Å². The molecule has 0 heterocycles. The first-order valence-electron chi connectivity index (χ1n) is 8.45. The molecule has 1 N–H and O–H groups in total. The molecule has 2 saturated carbocycles. The molecule has 0 amide bonds. The van der Waals surface area contributed by atoms with Crippen LogP contribution in [0.4, 0.5) is 0 Å². The Labute approximate surface area is 129 Å². The third-order valence-electron chi connectivity index (χ3n) is 5.32. The fraction of sp³-hybridized carbons (Fsp3) is 0.684. The Morgan fingerprint density at radius 3 is 2.67 bits per heavy atom. The maximum absolute atomic E-state index is 5.63. The van der Waals surface area contributed by atoms with E-state index in [1.165, 1.54) is 44.2 Å². The van der Waals surface area contributed by atoms with Crippen molar-refractivity contribution in [1.82, 2.24) is 5.32 Å². The average molecular weight is 287 g/mol. The maximum Gasteiger partial charge on any atom is 0.122 e. The molecule has 0 radical (unpaired) electrons. The molecule has 2 heteroatoms. The van der Waals surface area contributed by atoms with Gasteiger partial charge in [0.2, 0.25) is 0 Å². The van der Waals surface area contributed by atoms with Crippen molar-refractivity contribution < 1.29 is 4.74 Å². The lowest BCUT2D eigenvalue weighted by Gasteiger charge is -2.41. The molecule has 1 aromatic carbocycles. The van der Waals surface area contributed by atoms with Crippen LogP contribution in [-0.4, -0.2) is 19.7 Å². The highest BCUT2D eigenvalue weighted by molar-refractivity contribution is 5.37. The third kappa shape index (κ3) is 3.60. The number of benzene rings is 1. The Kier molecular flexibility index (Phi) is 4.26. The van der Waals surface area contributed by atoms with Crippen molar-refractivity contribution in [2.75, 3.05) is 13.7 Å². The van der Waals surface area contributed by atoms with Crippen molar-refractivity contribution in [3.05, 3.63) is 29.8 Å². The van der Waals surface area contributed by atoms with E-state index in [4.69, 9.17) is 4.74 Å². The lowest BCUT2D eigenvalue weighted by Crippen LogP contribution is -2.35. The van der Waals surface area contributed by atoms with Crippen molar-refractivity contribution in [3.63, 3.8) is 0 Å². The zero-order chi connectivity index (χ0) is 14.9. The number of rotatable bonds is 5. The van der Waals surface area contributed by atoms with Crippen molar-refractivity contribution in [2.45, 2.75) is 57.9 Å². The molecule has 3 rings (SSSR count). The Morgan fingerprint density at radius 1 is 1.19 bits per heavy atom. The molecule has 0 spiro atoms. The second-order valence-corrected chi connectivity index (χ2v) is 7.70. The summed E-state index contributed by atoms with van der Waals surface area (Å²) < 4.78 is 5.63. The largest absolute Gasteiger partial charge is 0.496 e. The number of hydrogen-bond donors (Lipinski definition) is 1. The number of nitrogens with one attached hydrogen (secondary N) is 1. The summed E-state index contributed by atoms with van der Waals surface area (Å²) in [5, 5.41) is 3.75. The molecule has 0 saturated heterocycles. The SMILES string of the molecule is COc1ccccc1C1CC(C)(C)CCC1CNC1CC1. The Hall–Kier alpha value is -1.02. The van der Waals surface area contributed by atoms with Gasteiger partial charge in [-0.3, -0.25) is 0 Å². The zero-order valence-corrected chi connectivity index (χ0v) is 13.7. The monoisotopic (exact) mass is 287 g/mol. The van der Waals surface area contributed by atoms with E-state index < -0.39 is 0 Å². The smallest absolute Gasteiger partial charge is 0.122 e.